The summed E-state index contributed by atoms with van der Waals surface area (Å²) in [7, 11) is 0. The molecule has 1 aliphatic heterocycles. The molecule has 1 saturated heterocycles. The van der Waals surface area contributed by atoms with Crippen molar-refractivity contribution in [3.63, 3.8) is 0 Å². The normalized spacial score (nSPS) is 14.9. The third-order valence-electron chi connectivity index (χ3n) is 3.97. The highest BCUT2D eigenvalue weighted by Gasteiger charge is 2.21. The van der Waals surface area contributed by atoms with Gasteiger partial charge in [0.1, 0.15) is 11.4 Å². The molecule has 4 rings (SSSR count). The number of hydrogen-bond donors (Lipinski definition) is 0. The van der Waals surface area contributed by atoms with E-state index < -0.39 is 0 Å². The number of carbonyl (C=O) groups is 1. The molecular weight excluding hydrogens is 298 g/mol. The van der Waals surface area contributed by atoms with E-state index in [2.05, 4.69) is 10.1 Å². The Morgan fingerprint density at radius 3 is 2.86 bits per heavy atom. The summed E-state index contributed by atoms with van der Waals surface area (Å²) < 4.78 is 5.36. The topological polar surface area (TPSA) is 59.2 Å². The molecule has 22 heavy (non-hydrogen) atoms. The van der Waals surface area contributed by atoms with Gasteiger partial charge in [0.2, 0.25) is 0 Å². The maximum atomic E-state index is 12.5. The number of aryl methyl sites for hydroxylation is 1. The van der Waals surface area contributed by atoms with Gasteiger partial charge in [0.25, 0.3) is 5.91 Å². The van der Waals surface area contributed by atoms with Gasteiger partial charge >= 0.3 is 0 Å². The van der Waals surface area contributed by atoms with E-state index in [1.54, 1.807) is 11.3 Å². The highest BCUT2D eigenvalue weighted by Crippen LogP contribution is 2.30. The zero-order valence-electron chi connectivity index (χ0n) is 12.2. The Morgan fingerprint density at radius 2 is 2.14 bits per heavy atom. The minimum atomic E-state index is 0.0843. The smallest absolute Gasteiger partial charge is 0.253 e. The molecule has 1 fully saturated rings. The summed E-state index contributed by atoms with van der Waals surface area (Å²) in [4.78, 5) is 18.9. The van der Waals surface area contributed by atoms with E-state index in [0.717, 1.165) is 42.0 Å². The average Bonchev–Trinajstić information content (AvgIpc) is 3.25. The Bertz CT molecular complexity index is 846. The second-order valence-electron chi connectivity index (χ2n) is 5.49. The largest absolute Gasteiger partial charge is 0.356 e. The molecule has 6 heteroatoms. The number of amides is 1. The summed E-state index contributed by atoms with van der Waals surface area (Å²) in [6.07, 6.45) is 2.18. The molecule has 1 aliphatic rings. The fraction of sp³-hybridized carbons (Fsp3) is 0.312. The molecule has 112 valence electrons. The molecule has 1 aromatic carbocycles. The molecule has 0 radical (unpaired) electrons. The van der Waals surface area contributed by atoms with Crippen LogP contribution in [-0.4, -0.2) is 34.0 Å². The minimum Gasteiger partial charge on any atom is -0.356 e. The number of thiazole rings is 1. The van der Waals surface area contributed by atoms with E-state index in [0.29, 0.717) is 16.8 Å². The van der Waals surface area contributed by atoms with Gasteiger partial charge in [-0.15, -0.1) is 11.3 Å². The Kier molecular flexibility index (Phi) is 3.18. The number of carbonyl (C=O) groups excluding carboxylic acids is 1. The van der Waals surface area contributed by atoms with E-state index in [9.17, 15) is 4.79 Å². The number of benzene rings is 1. The highest BCUT2D eigenvalue weighted by molar-refractivity contribution is 7.09. The zero-order valence-corrected chi connectivity index (χ0v) is 13.0. The fourth-order valence-corrected chi connectivity index (χ4v) is 3.43. The van der Waals surface area contributed by atoms with Gasteiger partial charge in [-0.25, -0.2) is 4.98 Å². The number of fused-ring (bicyclic) bond motifs is 1. The average molecular weight is 313 g/mol. The van der Waals surface area contributed by atoms with Crippen molar-refractivity contribution in [1.82, 2.24) is 15.0 Å². The minimum absolute atomic E-state index is 0.0843. The first-order valence-electron chi connectivity index (χ1n) is 7.33. The first-order chi connectivity index (χ1) is 10.7. The van der Waals surface area contributed by atoms with Crippen molar-refractivity contribution in [2.45, 2.75) is 19.8 Å². The standard InChI is InChI=1S/C16H15N3O2S/c1-10-17-13(9-22-10)15-12-8-11(4-5-14(12)21-18-15)16(20)19-6-2-3-7-19/h4-5,8-9H,2-3,6-7H2,1H3. The molecule has 0 spiro atoms. The highest BCUT2D eigenvalue weighted by atomic mass is 32.1. The van der Waals surface area contributed by atoms with Crippen LogP contribution >= 0.6 is 11.3 Å². The molecule has 2 aromatic heterocycles. The maximum Gasteiger partial charge on any atom is 0.253 e. The van der Waals surface area contributed by atoms with E-state index in [-0.39, 0.29) is 5.91 Å². The molecule has 3 heterocycles. The van der Waals surface area contributed by atoms with E-state index in [4.69, 9.17) is 4.52 Å². The summed E-state index contributed by atoms with van der Waals surface area (Å²) in [5.41, 5.74) is 2.87. The van der Waals surface area contributed by atoms with Crippen LogP contribution in [0.1, 0.15) is 28.2 Å². The van der Waals surface area contributed by atoms with Gasteiger partial charge in [-0.2, -0.15) is 0 Å². The Morgan fingerprint density at radius 1 is 1.32 bits per heavy atom. The summed E-state index contributed by atoms with van der Waals surface area (Å²) >= 11 is 1.57. The predicted molar refractivity (Wildman–Crippen MR) is 85.0 cm³/mol. The lowest BCUT2D eigenvalue weighted by molar-refractivity contribution is 0.0793. The van der Waals surface area contributed by atoms with Gasteiger partial charge in [0, 0.05) is 24.0 Å². The van der Waals surface area contributed by atoms with Gasteiger partial charge < -0.3 is 9.42 Å². The number of nitrogens with zero attached hydrogens (tertiary/aromatic N) is 3. The van der Waals surface area contributed by atoms with Crippen molar-refractivity contribution < 1.29 is 9.32 Å². The lowest BCUT2D eigenvalue weighted by Gasteiger charge is -2.14. The van der Waals surface area contributed by atoms with Crippen LogP contribution in [0.5, 0.6) is 0 Å². The Balaban J connectivity index is 1.77. The van der Waals surface area contributed by atoms with Crippen molar-refractivity contribution >= 4 is 28.2 Å². The van der Waals surface area contributed by atoms with Crippen LogP contribution in [0.4, 0.5) is 0 Å². The van der Waals surface area contributed by atoms with Crippen LogP contribution < -0.4 is 0 Å². The van der Waals surface area contributed by atoms with Crippen molar-refractivity contribution in [3.05, 3.63) is 34.2 Å². The van der Waals surface area contributed by atoms with Crippen LogP contribution in [0.15, 0.2) is 28.1 Å². The Hall–Kier alpha value is -2.21. The number of hydrogen-bond acceptors (Lipinski definition) is 5. The summed E-state index contributed by atoms with van der Waals surface area (Å²) in [6.45, 7) is 3.65. The summed E-state index contributed by atoms with van der Waals surface area (Å²) in [5, 5.41) is 7.91. The third-order valence-corrected chi connectivity index (χ3v) is 4.75. The first kappa shape index (κ1) is 13.5. The van der Waals surface area contributed by atoms with Crippen molar-refractivity contribution in [2.24, 2.45) is 0 Å². The van der Waals surface area contributed by atoms with Crippen molar-refractivity contribution in [1.29, 1.82) is 0 Å². The predicted octanol–water partition coefficient (Wildman–Crippen LogP) is 3.50. The quantitative estimate of drug-likeness (QED) is 0.726. The Labute approximate surface area is 131 Å². The van der Waals surface area contributed by atoms with E-state index in [1.165, 1.54) is 0 Å². The number of aromatic nitrogens is 2. The van der Waals surface area contributed by atoms with Crippen LogP contribution in [-0.2, 0) is 0 Å². The third kappa shape index (κ3) is 2.20. The van der Waals surface area contributed by atoms with Gasteiger partial charge in [-0.1, -0.05) is 5.16 Å². The molecule has 0 saturated carbocycles. The fourth-order valence-electron chi connectivity index (χ4n) is 2.83. The van der Waals surface area contributed by atoms with Crippen LogP contribution in [0, 0.1) is 6.92 Å². The lowest BCUT2D eigenvalue weighted by Crippen LogP contribution is -2.27. The van der Waals surface area contributed by atoms with Crippen molar-refractivity contribution in [3.8, 4) is 11.4 Å². The molecule has 1 amide bonds. The van der Waals surface area contributed by atoms with Crippen LogP contribution in [0.25, 0.3) is 22.4 Å². The molecule has 0 N–H and O–H groups in total. The molecule has 3 aromatic rings. The lowest BCUT2D eigenvalue weighted by atomic mass is 10.1. The molecule has 0 atom stereocenters. The maximum absolute atomic E-state index is 12.5. The molecule has 5 nitrogen and oxygen atoms in total. The SMILES string of the molecule is Cc1nc(-c2noc3ccc(C(=O)N4CCCC4)cc23)cs1. The van der Waals surface area contributed by atoms with Crippen LogP contribution in [0.3, 0.4) is 0 Å². The molecule has 0 aliphatic carbocycles. The second-order valence-corrected chi connectivity index (χ2v) is 6.56. The van der Waals surface area contributed by atoms with Gasteiger partial charge in [0.15, 0.2) is 5.58 Å². The molecular formula is C16H15N3O2S. The second kappa shape index (κ2) is 5.21. The number of rotatable bonds is 2. The van der Waals surface area contributed by atoms with E-state index >= 15 is 0 Å². The summed E-state index contributed by atoms with van der Waals surface area (Å²) in [5.74, 6) is 0.0843. The van der Waals surface area contributed by atoms with Crippen molar-refractivity contribution in [2.75, 3.05) is 13.1 Å². The van der Waals surface area contributed by atoms with E-state index in [1.807, 2.05) is 35.4 Å². The van der Waals surface area contributed by atoms with Crippen LogP contribution in [0.2, 0.25) is 0 Å². The zero-order chi connectivity index (χ0) is 15.1. The van der Waals surface area contributed by atoms with Gasteiger partial charge in [0.05, 0.1) is 10.4 Å². The molecule has 0 bridgehead atoms. The number of likely N-dealkylation sites (tertiary alicyclic amines) is 1. The first-order valence-corrected chi connectivity index (χ1v) is 8.21. The van der Waals surface area contributed by atoms with Gasteiger partial charge in [-0.05, 0) is 38.0 Å². The van der Waals surface area contributed by atoms with Gasteiger partial charge in [-0.3, -0.25) is 4.79 Å². The molecule has 0 unspecified atom stereocenters. The summed E-state index contributed by atoms with van der Waals surface area (Å²) in [6, 6.07) is 5.50. The monoisotopic (exact) mass is 313 g/mol.